The molecule has 2 unspecified atom stereocenters. The molecule has 1 heterocycles. The third kappa shape index (κ3) is 3.55. The summed E-state index contributed by atoms with van der Waals surface area (Å²) in [5.74, 6) is 0.322. The Kier molecular flexibility index (Phi) is 4.85. The molecule has 1 aliphatic heterocycles. The summed E-state index contributed by atoms with van der Waals surface area (Å²) >= 11 is 0. The number of cyclic esters (lactones) is 1. The Morgan fingerprint density at radius 1 is 1.48 bits per heavy atom. The lowest BCUT2D eigenvalue weighted by atomic mass is 9.81. The molecule has 0 N–H and O–H groups in total. The van der Waals surface area contributed by atoms with Crippen molar-refractivity contribution in [3.05, 3.63) is 29.8 Å². The van der Waals surface area contributed by atoms with E-state index >= 15 is 0 Å². The lowest BCUT2D eigenvalue weighted by Gasteiger charge is -2.21. The van der Waals surface area contributed by atoms with Gasteiger partial charge in [0.15, 0.2) is 6.10 Å². The first-order valence-corrected chi connectivity index (χ1v) is 7.44. The quantitative estimate of drug-likeness (QED) is 0.797. The van der Waals surface area contributed by atoms with E-state index in [1.165, 1.54) is 0 Å². The number of rotatable bonds is 4. The number of ether oxygens (including phenoxy) is 2. The molecule has 0 spiro atoms. The van der Waals surface area contributed by atoms with Crippen molar-refractivity contribution in [2.24, 2.45) is 0 Å². The minimum atomic E-state index is -0.544. The first-order valence-electron chi connectivity index (χ1n) is 7.44. The van der Waals surface area contributed by atoms with Crippen LogP contribution in [0.2, 0.25) is 0 Å². The lowest BCUT2D eigenvalue weighted by Crippen LogP contribution is -2.28. The first kappa shape index (κ1) is 15.4. The smallest absolute Gasteiger partial charge is 0.347 e. The number of esters is 1. The van der Waals surface area contributed by atoms with Gasteiger partial charge in [-0.15, -0.1) is 0 Å². The zero-order chi connectivity index (χ0) is 15.3. The highest BCUT2D eigenvalue weighted by atomic mass is 16.6. The molecule has 112 valence electrons. The van der Waals surface area contributed by atoms with E-state index < -0.39 is 11.5 Å². The monoisotopic (exact) mass is 287 g/mol. The summed E-state index contributed by atoms with van der Waals surface area (Å²) in [4.78, 5) is 11.8. The number of hydrogen-bond acceptors (Lipinski definition) is 4. The first-order chi connectivity index (χ1) is 10.1. The van der Waals surface area contributed by atoms with Crippen molar-refractivity contribution in [2.45, 2.75) is 51.0 Å². The van der Waals surface area contributed by atoms with Gasteiger partial charge in [0.1, 0.15) is 5.75 Å². The van der Waals surface area contributed by atoms with Gasteiger partial charge in [-0.3, -0.25) is 0 Å². The Morgan fingerprint density at radius 3 is 3.00 bits per heavy atom. The maximum absolute atomic E-state index is 11.8. The van der Waals surface area contributed by atoms with Gasteiger partial charge >= 0.3 is 5.97 Å². The van der Waals surface area contributed by atoms with Crippen molar-refractivity contribution < 1.29 is 14.3 Å². The Balaban J connectivity index is 2.18. The van der Waals surface area contributed by atoms with Gasteiger partial charge in [-0.25, -0.2) is 4.79 Å². The van der Waals surface area contributed by atoms with Crippen LogP contribution in [0.15, 0.2) is 24.3 Å². The molecule has 1 aliphatic rings. The van der Waals surface area contributed by atoms with E-state index in [1.807, 2.05) is 38.1 Å². The molecule has 4 heteroatoms. The number of nitrogens with zero attached hydrogens (tertiary/aromatic N) is 1. The molecule has 0 amide bonds. The normalized spacial score (nSPS) is 21.6. The van der Waals surface area contributed by atoms with E-state index in [1.54, 1.807) is 0 Å². The van der Waals surface area contributed by atoms with Crippen molar-refractivity contribution in [1.82, 2.24) is 0 Å². The molecule has 1 saturated heterocycles. The summed E-state index contributed by atoms with van der Waals surface area (Å²) in [7, 11) is 0. The number of carbonyl (C=O) groups excluding carboxylic acids is 1. The van der Waals surface area contributed by atoms with Gasteiger partial charge < -0.3 is 9.47 Å². The molecular weight excluding hydrogens is 266 g/mol. The molecule has 0 radical (unpaired) electrons. The summed E-state index contributed by atoms with van der Waals surface area (Å²) in [6, 6.07) is 9.79. The Labute approximate surface area is 125 Å². The highest BCUT2D eigenvalue weighted by Gasteiger charge is 2.27. The van der Waals surface area contributed by atoms with E-state index in [4.69, 9.17) is 9.47 Å². The standard InChI is InChI=1S/C17H21NO3/c1-3-17(2,12-18)13-7-6-8-14(11-13)21-15-9-4-5-10-20-16(15)19/h6-8,11,15H,3-5,9-10H2,1-2H3. The molecule has 1 aromatic rings. The van der Waals surface area contributed by atoms with Crippen molar-refractivity contribution in [1.29, 1.82) is 5.26 Å². The van der Waals surface area contributed by atoms with Crippen LogP contribution in [-0.4, -0.2) is 18.7 Å². The largest absolute Gasteiger partial charge is 0.479 e. The van der Waals surface area contributed by atoms with Crippen LogP contribution < -0.4 is 4.74 Å². The molecule has 0 aromatic heterocycles. The molecule has 4 nitrogen and oxygen atoms in total. The van der Waals surface area contributed by atoms with Gasteiger partial charge in [0.25, 0.3) is 0 Å². The molecule has 2 rings (SSSR count). The molecule has 0 saturated carbocycles. The highest BCUT2D eigenvalue weighted by Crippen LogP contribution is 2.30. The van der Waals surface area contributed by atoms with Gasteiger partial charge in [0, 0.05) is 0 Å². The minimum Gasteiger partial charge on any atom is -0.479 e. The summed E-state index contributed by atoms with van der Waals surface area (Å²) in [6.45, 7) is 4.37. The average Bonchev–Trinajstić information content (AvgIpc) is 2.72. The van der Waals surface area contributed by atoms with Crippen LogP contribution >= 0.6 is 0 Å². The van der Waals surface area contributed by atoms with Crippen LogP contribution in [0.3, 0.4) is 0 Å². The molecule has 2 atom stereocenters. The van der Waals surface area contributed by atoms with Crippen LogP contribution in [-0.2, 0) is 14.9 Å². The Morgan fingerprint density at radius 2 is 2.29 bits per heavy atom. The highest BCUT2D eigenvalue weighted by molar-refractivity contribution is 5.75. The van der Waals surface area contributed by atoms with Crippen LogP contribution in [0.5, 0.6) is 5.75 Å². The number of nitriles is 1. The lowest BCUT2D eigenvalue weighted by molar-refractivity contribution is -0.150. The van der Waals surface area contributed by atoms with Crippen molar-refractivity contribution >= 4 is 5.97 Å². The van der Waals surface area contributed by atoms with E-state index in [-0.39, 0.29) is 5.97 Å². The average molecular weight is 287 g/mol. The summed E-state index contributed by atoms with van der Waals surface area (Å²) in [5.41, 5.74) is 0.371. The van der Waals surface area contributed by atoms with Crippen LogP contribution in [0, 0.1) is 11.3 Å². The third-order valence-corrected chi connectivity index (χ3v) is 4.07. The maximum Gasteiger partial charge on any atom is 0.347 e. The topological polar surface area (TPSA) is 59.3 Å². The van der Waals surface area contributed by atoms with Crippen molar-refractivity contribution in [3.8, 4) is 11.8 Å². The second-order valence-corrected chi connectivity index (χ2v) is 5.60. The second kappa shape index (κ2) is 6.62. The van der Waals surface area contributed by atoms with Gasteiger partial charge in [-0.1, -0.05) is 19.1 Å². The number of benzene rings is 1. The number of carbonyl (C=O) groups is 1. The SMILES string of the molecule is CCC(C)(C#N)c1cccc(OC2CCCCOC2=O)c1. The molecule has 0 aliphatic carbocycles. The molecule has 1 fully saturated rings. The number of hydrogen-bond donors (Lipinski definition) is 0. The zero-order valence-electron chi connectivity index (χ0n) is 12.6. The fraction of sp³-hybridized carbons (Fsp3) is 0.529. The van der Waals surface area contributed by atoms with E-state index in [9.17, 15) is 10.1 Å². The maximum atomic E-state index is 11.8. The van der Waals surface area contributed by atoms with Gasteiger partial charge in [0.05, 0.1) is 18.1 Å². The van der Waals surface area contributed by atoms with Crippen molar-refractivity contribution in [2.75, 3.05) is 6.61 Å². The summed E-state index contributed by atoms with van der Waals surface area (Å²) in [5, 5.41) is 9.37. The molecule has 21 heavy (non-hydrogen) atoms. The van der Waals surface area contributed by atoms with Gasteiger partial charge in [-0.05, 0) is 50.3 Å². The second-order valence-electron chi connectivity index (χ2n) is 5.60. The Bertz CT molecular complexity index is 549. The predicted molar refractivity (Wildman–Crippen MR) is 78.9 cm³/mol. The zero-order valence-corrected chi connectivity index (χ0v) is 12.6. The fourth-order valence-corrected chi connectivity index (χ4v) is 2.35. The Hall–Kier alpha value is -2.02. The molecule has 1 aromatic carbocycles. The predicted octanol–water partition coefficient (Wildman–Crippen LogP) is 3.35. The summed E-state index contributed by atoms with van der Waals surface area (Å²) in [6.07, 6.45) is 2.65. The van der Waals surface area contributed by atoms with E-state index in [0.717, 1.165) is 24.8 Å². The fourth-order valence-electron chi connectivity index (χ4n) is 2.35. The van der Waals surface area contributed by atoms with Gasteiger partial charge in [0.2, 0.25) is 0 Å². The third-order valence-electron chi connectivity index (χ3n) is 4.07. The van der Waals surface area contributed by atoms with E-state index in [0.29, 0.717) is 18.8 Å². The molecule has 0 bridgehead atoms. The molecular formula is C17H21NO3. The van der Waals surface area contributed by atoms with Crippen LogP contribution in [0.4, 0.5) is 0 Å². The van der Waals surface area contributed by atoms with E-state index in [2.05, 4.69) is 6.07 Å². The minimum absolute atomic E-state index is 0.295. The summed E-state index contributed by atoms with van der Waals surface area (Å²) < 4.78 is 10.9. The van der Waals surface area contributed by atoms with Crippen LogP contribution in [0.25, 0.3) is 0 Å². The van der Waals surface area contributed by atoms with Crippen molar-refractivity contribution in [3.63, 3.8) is 0 Å². The van der Waals surface area contributed by atoms with Crippen LogP contribution in [0.1, 0.15) is 45.1 Å². The van der Waals surface area contributed by atoms with Gasteiger partial charge in [-0.2, -0.15) is 5.26 Å².